The lowest BCUT2D eigenvalue weighted by atomic mass is 10.2. The summed E-state index contributed by atoms with van der Waals surface area (Å²) in [6, 6.07) is 7.59. The van der Waals surface area contributed by atoms with Crippen molar-refractivity contribution in [3.63, 3.8) is 0 Å². The van der Waals surface area contributed by atoms with Crippen LogP contribution in [0, 0.1) is 6.92 Å². The Labute approximate surface area is 108 Å². The predicted molar refractivity (Wildman–Crippen MR) is 72.3 cm³/mol. The molecule has 18 heavy (non-hydrogen) atoms. The molecule has 0 aliphatic carbocycles. The van der Waals surface area contributed by atoms with E-state index in [0.29, 0.717) is 0 Å². The molecule has 1 aromatic rings. The molecule has 0 aliphatic rings. The van der Waals surface area contributed by atoms with Crippen LogP contribution in [0.5, 0.6) is 0 Å². The molecule has 4 heteroatoms. The number of rotatable bonds is 4. The summed E-state index contributed by atoms with van der Waals surface area (Å²) in [6.45, 7) is 7.30. The minimum Gasteiger partial charge on any atom is -0.331 e. The minimum absolute atomic E-state index is 0.0192. The first-order valence-electron chi connectivity index (χ1n) is 6.04. The lowest BCUT2D eigenvalue weighted by Gasteiger charge is -2.24. The van der Waals surface area contributed by atoms with Gasteiger partial charge in [-0.05, 0) is 38.5 Å². The van der Waals surface area contributed by atoms with E-state index < -0.39 is 0 Å². The predicted octanol–water partition coefficient (Wildman–Crippen LogP) is 2.19. The second kappa shape index (κ2) is 6.19. The fourth-order valence-electron chi connectivity index (χ4n) is 1.74. The molecule has 4 nitrogen and oxygen atoms in total. The molecular weight excluding hydrogens is 228 g/mol. The maximum atomic E-state index is 11.8. The van der Waals surface area contributed by atoms with E-state index in [0.717, 1.165) is 11.3 Å². The molecule has 0 spiro atoms. The highest BCUT2D eigenvalue weighted by atomic mass is 16.2. The molecule has 0 aliphatic heterocycles. The van der Waals surface area contributed by atoms with Gasteiger partial charge in [-0.25, -0.2) is 0 Å². The summed E-state index contributed by atoms with van der Waals surface area (Å²) in [5.74, 6) is -0.270. The monoisotopic (exact) mass is 248 g/mol. The SMILES string of the molecule is CC(=O)N(CC(=O)Nc1cccc(C)c1)C(C)C. The first-order chi connectivity index (χ1) is 8.40. The molecule has 0 bridgehead atoms. The van der Waals surface area contributed by atoms with Crippen LogP contribution in [-0.2, 0) is 9.59 Å². The Bertz CT molecular complexity index is 441. The van der Waals surface area contributed by atoms with Gasteiger partial charge in [0, 0.05) is 18.7 Å². The summed E-state index contributed by atoms with van der Waals surface area (Å²) in [6.07, 6.45) is 0. The zero-order chi connectivity index (χ0) is 13.7. The minimum atomic E-state index is -0.176. The van der Waals surface area contributed by atoms with Gasteiger partial charge in [0.05, 0.1) is 0 Å². The molecule has 0 aromatic heterocycles. The van der Waals surface area contributed by atoms with Gasteiger partial charge in [0.1, 0.15) is 6.54 Å². The third-order valence-electron chi connectivity index (χ3n) is 2.64. The topological polar surface area (TPSA) is 49.4 Å². The Morgan fingerprint density at radius 2 is 2.00 bits per heavy atom. The highest BCUT2D eigenvalue weighted by Gasteiger charge is 2.16. The number of anilines is 1. The number of carbonyl (C=O) groups is 2. The Morgan fingerprint density at radius 3 is 2.50 bits per heavy atom. The van der Waals surface area contributed by atoms with E-state index in [2.05, 4.69) is 5.32 Å². The number of nitrogens with one attached hydrogen (secondary N) is 1. The van der Waals surface area contributed by atoms with Crippen molar-refractivity contribution < 1.29 is 9.59 Å². The van der Waals surface area contributed by atoms with Crippen LogP contribution in [0.4, 0.5) is 5.69 Å². The molecule has 2 amide bonds. The molecule has 98 valence electrons. The average Bonchev–Trinajstić information content (AvgIpc) is 2.25. The van der Waals surface area contributed by atoms with Crippen molar-refractivity contribution >= 4 is 17.5 Å². The maximum absolute atomic E-state index is 11.8. The number of hydrogen-bond acceptors (Lipinski definition) is 2. The maximum Gasteiger partial charge on any atom is 0.244 e. The molecule has 0 heterocycles. The summed E-state index contributed by atoms with van der Waals surface area (Å²) in [7, 11) is 0. The second-order valence-electron chi connectivity index (χ2n) is 4.66. The molecule has 0 fully saturated rings. The summed E-state index contributed by atoms with van der Waals surface area (Å²) >= 11 is 0. The molecule has 0 radical (unpaired) electrons. The van der Waals surface area contributed by atoms with Crippen LogP contribution in [0.3, 0.4) is 0 Å². The van der Waals surface area contributed by atoms with Crippen LogP contribution >= 0.6 is 0 Å². The largest absolute Gasteiger partial charge is 0.331 e. The van der Waals surface area contributed by atoms with Gasteiger partial charge in [-0.1, -0.05) is 12.1 Å². The van der Waals surface area contributed by atoms with Crippen LogP contribution in [0.15, 0.2) is 24.3 Å². The number of hydrogen-bond donors (Lipinski definition) is 1. The van der Waals surface area contributed by atoms with Gasteiger partial charge in [0.15, 0.2) is 0 Å². The van der Waals surface area contributed by atoms with Gasteiger partial charge in [0.2, 0.25) is 11.8 Å². The summed E-state index contributed by atoms with van der Waals surface area (Å²) < 4.78 is 0. The van der Waals surface area contributed by atoms with E-state index in [1.54, 1.807) is 0 Å². The number of carbonyl (C=O) groups excluding carboxylic acids is 2. The normalized spacial score (nSPS) is 10.3. The first-order valence-corrected chi connectivity index (χ1v) is 6.04. The van der Waals surface area contributed by atoms with Crippen molar-refractivity contribution in [1.82, 2.24) is 4.90 Å². The summed E-state index contributed by atoms with van der Waals surface area (Å²) in [5, 5.41) is 2.79. The number of aryl methyl sites for hydroxylation is 1. The third-order valence-corrected chi connectivity index (χ3v) is 2.64. The van der Waals surface area contributed by atoms with Crippen molar-refractivity contribution in [2.75, 3.05) is 11.9 Å². The zero-order valence-corrected chi connectivity index (χ0v) is 11.4. The van der Waals surface area contributed by atoms with E-state index in [1.165, 1.54) is 11.8 Å². The van der Waals surface area contributed by atoms with Crippen molar-refractivity contribution in [3.05, 3.63) is 29.8 Å². The average molecular weight is 248 g/mol. The van der Waals surface area contributed by atoms with Crippen molar-refractivity contribution in [2.45, 2.75) is 33.7 Å². The Kier molecular flexibility index (Phi) is 4.89. The quantitative estimate of drug-likeness (QED) is 0.888. The van der Waals surface area contributed by atoms with E-state index in [9.17, 15) is 9.59 Å². The van der Waals surface area contributed by atoms with E-state index >= 15 is 0 Å². The van der Waals surface area contributed by atoms with E-state index in [-0.39, 0.29) is 24.4 Å². The molecule has 0 atom stereocenters. The Balaban J connectivity index is 2.63. The zero-order valence-electron chi connectivity index (χ0n) is 11.4. The molecular formula is C14H20N2O2. The van der Waals surface area contributed by atoms with Crippen LogP contribution in [0.1, 0.15) is 26.3 Å². The molecule has 1 N–H and O–H groups in total. The molecule has 0 saturated carbocycles. The standard InChI is InChI=1S/C14H20N2O2/c1-10(2)16(12(4)17)9-14(18)15-13-7-5-6-11(3)8-13/h5-8,10H,9H2,1-4H3,(H,15,18). The van der Waals surface area contributed by atoms with Gasteiger partial charge in [-0.15, -0.1) is 0 Å². The van der Waals surface area contributed by atoms with E-state index in [1.807, 2.05) is 45.0 Å². The van der Waals surface area contributed by atoms with Crippen molar-refractivity contribution in [1.29, 1.82) is 0 Å². The lowest BCUT2D eigenvalue weighted by Crippen LogP contribution is -2.41. The van der Waals surface area contributed by atoms with E-state index in [4.69, 9.17) is 0 Å². The first kappa shape index (κ1) is 14.2. The van der Waals surface area contributed by atoms with Crippen LogP contribution in [0.2, 0.25) is 0 Å². The summed E-state index contributed by atoms with van der Waals surface area (Å²) in [4.78, 5) is 24.7. The van der Waals surface area contributed by atoms with Crippen molar-refractivity contribution in [2.24, 2.45) is 0 Å². The van der Waals surface area contributed by atoms with Crippen LogP contribution in [0.25, 0.3) is 0 Å². The smallest absolute Gasteiger partial charge is 0.244 e. The summed E-state index contributed by atoms with van der Waals surface area (Å²) in [5.41, 5.74) is 1.84. The highest BCUT2D eigenvalue weighted by molar-refractivity contribution is 5.94. The fraction of sp³-hybridized carbons (Fsp3) is 0.429. The number of nitrogens with zero attached hydrogens (tertiary/aromatic N) is 1. The van der Waals surface area contributed by atoms with Crippen LogP contribution < -0.4 is 5.32 Å². The molecule has 1 rings (SSSR count). The molecule has 0 saturated heterocycles. The van der Waals surface area contributed by atoms with Gasteiger partial charge in [-0.2, -0.15) is 0 Å². The Hall–Kier alpha value is -1.84. The molecule has 1 aromatic carbocycles. The second-order valence-corrected chi connectivity index (χ2v) is 4.66. The van der Waals surface area contributed by atoms with Gasteiger partial charge < -0.3 is 10.2 Å². The van der Waals surface area contributed by atoms with Crippen LogP contribution in [-0.4, -0.2) is 29.3 Å². The number of benzene rings is 1. The highest BCUT2D eigenvalue weighted by Crippen LogP contribution is 2.09. The van der Waals surface area contributed by atoms with Crippen molar-refractivity contribution in [3.8, 4) is 0 Å². The molecule has 0 unspecified atom stereocenters. The third kappa shape index (κ3) is 4.20. The lowest BCUT2D eigenvalue weighted by molar-refractivity contribution is -0.134. The number of amides is 2. The van der Waals surface area contributed by atoms with Gasteiger partial charge in [-0.3, -0.25) is 9.59 Å². The van der Waals surface area contributed by atoms with Gasteiger partial charge in [0.25, 0.3) is 0 Å². The fourth-order valence-corrected chi connectivity index (χ4v) is 1.74. The Morgan fingerprint density at radius 1 is 1.33 bits per heavy atom. The van der Waals surface area contributed by atoms with Gasteiger partial charge >= 0.3 is 0 Å².